The number of fused-ring (bicyclic) bond motifs is 1. The number of H-pyrrole nitrogens is 1. The van der Waals surface area contributed by atoms with Gasteiger partial charge in [-0.05, 0) is 29.8 Å². The molecule has 0 fully saturated rings. The zero-order valence-electron chi connectivity index (χ0n) is 12.9. The molecule has 4 rings (SSSR count). The highest BCUT2D eigenvalue weighted by molar-refractivity contribution is 5.80. The first-order chi connectivity index (χ1) is 12.1. The highest BCUT2D eigenvalue weighted by atomic mass is 16.3. The maximum absolute atomic E-state index is 11.9. The summed E-state index contributed by atoms with van der Waals surface area (Å²) >= 11 is 0. The molecule has 0 amide bonds. The second-order valence-electron chi connectivity index (χ2n) is 5.53. The number of rotatable bonds is 5. The minimum Gasteiger partial charge on any atom is -0.508 e. The molecule has 0 unspecified atom stereocenters. The highest BCUT2D eigenvalue weighted by Crippen LogP contribution is 2.21. The third-order valence-electron chi connectivity index (χ3n) is 3.83. The Bertz CT molecular complexity index is 1140. The van der Waals surface area contributed by atoms with E-state index >= 15 is 0 Å². The third-order valence-corrected chi connectivity index (χ3v) is 3.83. The van der Waals surface area contributed by atoms with E-state index in [0.717, 1.165) is 11.1 Å². The zero-order valence-corrected chi connectivity index (χ0v) is 12.9. The number of anilines is 3. The van der Waals surface area contributed by atoms with Crippen molar-refractivity contribution in [2.45, 2.75) is 6.54 Å². The Morgan fingerprint density at radius 2 is 1.92 bits per heavy atom. The molecule has 0 aliphatic rings. The van der Waals surface area contributed by atoms with Gasteiger partial charge >= 0.3 is 0 Å². The summed E-state index contributed by atoms with van der Waals surface area (Å²) in [5.41, 5.74) is 1.28. The van der Waals surface area contributed by atoms with Gasteiger partial charge in [-0.1, -0.05) is 12.1 Å². The molecule has 2 aromatic carbocycles. The molecule has 2 aromatic heterocycles. The second-order valence-corrected chi connectivity index (χ2v) is 5.53. The first kappa shape index (κ1) is 14.9. The third kappa shape index (κ3) is 2.69. The number of phenolic OH excluding ortho intramolecular Hbond substituents is 1. The van der Waals surface area contributed by atoms with Crippen LogP contribution in [0.2, 0.25) is 0 Å². The van der Waals surface area contributed by atoms with E-state index in [0.29, 0.717) is 18.0 Å². The van der Waals surface area contributed by atoms with E-state index < -0.39 is 10.9 Å². The summed E-state index contributed by atoms with van der Waals surface area (Å²) in [6.45, 7) is 0.305. The Labute approximate surface area is 140 Å². The van der Waals surface area contributed by atoms with Gasteiger partial charge in [-0.15, -0.1) is 0 Å². The number of phenols is 1. The van der Waals surface area contributed by atoms with Crippen molar-refractivity contribution in [2.75, 3.05) is 10.6 Å². The number of hydrogen-bond acceptors (Lipinski definition) is 7. The monoisotopic (exact) mass is 335 g/mol. The Morgan fingerprint density at radius 3 is 2.76 bits per heavy atom. The van der Waals surface area contributed by atoms with Crippen molar-refractivity contribution >= 4 is 28.4 Å². The molecule has 0 spiro atoms. The molecule has 4 aromatic rings. The van der Waals surface area contributed by atoms with Crippen LogP contribution in [0.5, 0.6) is 5.75 Å². The van der Waals surface area contributed by atoms with Gasteiger partial charge in [-0.3, -0.25) is 9.59 Å². The molecule has 8 nitrogen and oxygen atoms in total. The highest BCUT2D eigenvalue weighted by Gasteiger charge is 2.21. The maximum atomic E-state index is 11.9. The lowest BCUT2D eigenvalue weighted by atomic mass is 10.1. The molecule has 4 N–H and O–H groups in total. The van der Waals surface area contributed by atoms with Crippen LogP contribution in [0.15, 0.2) is 52.3 Å². The van der Waals surface area contributed by atoms with Crippen molar-refractivity contribution in [2.24, 2.45) is 0 Å². The van der Waals surface area contributed by atoms with E-state index in [-0.39, 0.29) is 17.1 Å². The van der Waals surface area contributed by atoms with E-state index in [1.807, 2.05) is 0 Å². The lowest BCUT2D eigenvalue weighted by Gasteiger charge is -2.14. The number of pyridine rings is 1. The van der Waals surface area contributed by atoms with E-state index in [9.17, 15) is 14.7 Å². The van der Waals surface area contributed by atoms with Crippen LogP contribution in [0, 0.1) is 0 Å². The van der Waals surface area contributed by atoms with Crippen molar-refractivity contribution in [1.29, 1.82) is 0 Å². The fourth-order valence-corrected chi connectivity index (χ4v) is 2.56. The molecule has 2 heterocycles. The molecule has 0 bridgehead atoms. The van der Waals surface area contributed by atoms with Crippen LogP contribution in [0.1, 0.15) is 5.56 Å². The Kier molecular flexibility index (Phi) is 3.42. The zero-order chi connectivity index (χ0) is 17.4. The van der Waals surface area contributed by atoms with Gasteiger partial charge in [0.2, 0.25) is 0 Å². The smallest absolute Gasteiger partial charge is 0.253 e. The number of aromatic nitrogens is 3. The van der Waals surface area contributed by atoms with E-state index in [4.69, 9.17) is 0 Å². The number of nitrogens with one attached hydrogen (secondary N) is 3. The lowest BCUT2D eigenvalue weighted by Crippen LogP contribution is -2.36. The van der Waals surface area contributed by atoms with Crippen molar-refractivity contribution in [1.82, 2.24) is 15.0 Å². The predicted octanol–water partition coefficient (Wildman–Crippen LogP) is 1.62. The van der Waals surface area contributed by atoms with Crippen molar-refractivity contribution in [3.8, 4) is 5.75 Å². The average Bonchev–Trinajstić information content (AvgIpc) is 3.08. The van der Waals surface area contributed by atoms with Crippen LogP contribution in [0.25, 0.3) is 11.2 Å². The number of imidazole rings is 1. The van der Waals surface area contributed by atoms with Gasteiger partial charge in [0.05, 0.1) is 11.8 Å². The molecule has 124 valence electrons. The Morgan fingerprint density at radius 1 is 1.08 bits per heavy atom. The number of hydrogen-bond donors (Lipinski definition) is 4. The van der Waals surface area contributed by atoms with Gasteiger partial charge in [0.1, 0.15) is 22.9 Å². The Hall–Kier alpha value is -3.68. The normalized spacial score (nSPS) is 11.0. The standard InChI is InChI=1S/C17H13N5O3/c23-10-3-1-2-9(6-10)7-18-13-14(16(25)15(13)24)21-12-5-4-11-17(22-12)20-8-19-11/h1-6,8,18,23H,7H2,(H2,19,20,21,22). The van der Waals surface area contributed by atoms with Crippen molar-refractivity contribution < 1.29 is 5.11 Å². The molecule has 0 saturated carbocycles. The minimum absolute atomic E-state index is 0.138. The van der Waals surface area contributed by atoms with Crippen LogP contribution >= 0.6 is 0 Å². The first-order valence-corrected chi connectivity index (χ1v) is 7.54. The molecular formula is C17H13N5O3. The average molecular weight is 335 g/mol. The van der Waals surface area contributed by atoms with Crippen LogP contribution in [0.4, 0.5) is 17.2 Å². The second kappa shape index (κ2) is 5.75. The van der Waals surface area contributed by atoms with Gasteiger partial charge in [-0.25, -0.2) is 9.97 Å². The molecule has 8 heteroatoms. The van der Waals surface area contributed by atoms with Gasteiger partial charge in [0.15, 0.2) is 5.65 Å². The maximum Gasteiger partial charge on any atom is 0.253 e. The van der Waals surface area contributed by atoms with E-state index in [2.05, 4.69) is 25.6 Å². The number of aromatic hydroxyl groups is 1. The number of aromatic amines is 1. The van der Waals surface area contributed by atoms with E-state index in [1.165, 1.54) is 6.33 Å². The van der Waals surface area contributed by atoms with Gasteiger partial charge in [0.25, 0.3) is 10.9 Å². The molecule has 0 atom stereocenters. The summed E-state index contributed by atoms with van der Waals surface area (Å²) in [4.78, 5) is 34.9. The summed E-state index contributed by atoms with van der Waals surface area (Å²) in [5, 5.41) is 15.3. The summed E-state index contributed by atoms with van der Waals surface area (Å²) < 4.78 is 0. The summed E-state index contributed by atoms with van der Waals surface area (Å²) in [5.74, 6) is 0.561. The summed E-state index contributed by atoms with van der Waals surface area (Å²) in [6, 6.07) is 10.1. The fraction of sp³-hybridized carbons (Fsp3) is 0.0588. The van der Waals surface area contributed by atoms with Crippen LogP contribution in [-0.2, 0) is 6.54 Å². The van der Waals surface area contributed by atoms with Gasteiger partial charge in [-0.2, -0.15) is 0 Å². The molecule has 25 heavy (non-hydrogen) atoms. The molecule has 0 aliphatic heterocycles. The number of benzene rings is 1. The lowest BCUT2D eigenvalue weighted by molar-refractivity contribution is 0.474. The van der Waals surface area contributed by atoms with Gasteiger partial charge < -0.3 is 20.7 Å². The van der Waals surface area contributed by atoms with Crippen LogP contribution in [0.3, 0.4) is 0 Å². The number of nitrogens with zero attached hydrogens (tertiary/aromatic N) is 2. The minimum atomic E-state index is -0.595. The predicted molar refractivity (Wildman–Crippen MR) is 94.0 cm³/mol. The largest absolute Gasteiger partial charge is 0.508 e. The molecule has 0 saturated heterocycles. The van der Waals surface area contributed by atoms with Crippen LogP contribution < -0.4 is 21.5 Å². The summed E-state index contributed by atoms with van der Waals surface area (Å²) in [6.07, 6.45) is 1.53. The SMILES string of the molecule is O=c1c(NCc2cccc(O)c2)c(Nc2ccc3[nH]cnc3n2)c1=O. The topological polar surface area (TPSA) is 120 Å². The van der Waals surface area contributed by atoms with Crippen LogP contribution in [-0.4, -0.2) is 20.1 Å². The Balaban J connectivity index is 1.55. The van der Waals surface area contributed by atoms with Gasteiger partial charge in [0, 0.05) is 6.54 Å². The van der Waals surface area contributed by atoms with Crippen molar-refractivity contribution in [3.05, 3.63) is 68.7 Å². The molecular weight excluding hydrogens is 322 g/mol. The molecule has 0 aliphatic carbocycles. The first-order valence-electron chi connectivity index (χ1n) is 7.54. The van der Waals surface area contributed by atoms with Crippen molar-refractivity contribution in [3.63, 3.8) is 0 Å². The molecule has 0 radical (unpaired) electrons. The quantitative estimate of drug-likeness (QED) is 0.409. The van der Waals surface area contributed by atoms with E-state index in [1.54, 1.807) is 36.4 Å². The fourth-order valence-electron chi connectivity index (χ4n) is 2.56. The summed E-state index contributed by atoms with van der Waals surface area (Å²) in [7, 11) is 0.